The molecule has 1 atom stereocenters. The number of nitrogens with one attached hydrogen (secondary N) is 1. The molecule has 1 aromatic carbocycles. The Morgan fingerprint density at radius 1 is 1.24 bits per heavy atom. The van der Waals surface area contributed by atoms with Crippen LogP contribution >= 0.6 is 0 Å². The second-order valence-electron chi connectivity index (χ2n) is 3.90. The summed E-state index contributed by atoms with van der Waals surface area (Å²) in [5.41, 5.74) is 0. The van der Waals surface area contributed by atoms with Crippen LogP contribution in [0.3, 0.4) is 0 Å². The summed E-state index contributed by atoms with van der Waals surface area (Å²) >= 11 is 0. The van der Waals surface area contributed by atoms with Crippen molar-refractivity contribution in [3.63, 3.8) is 0 Å². The molecule has 1 N–H and O–H groups in total. The third-order valence-electron chi connectivity index (χ3n) is 2.58. The van der Waals surface area contributed by atoms with Gasteiger partial charge < -0.3 is 5.32 Å². The Bertz CT molecular complexity index is 442. The molecular formula is C12H18FNO2S. The van der Waals surface area contributed by atoms with Crippen LogP contribution in [0.5, 0.6) is 0 Å². The highest BCUT2D eigenvalue weighted by Gasteiger charge is 2.19. The maximum Gasteiger partial charge on any atom is 0.179 e. The van der Waals surface area contributed by atoms with E-state index in [1.807, 2.05) is 13.8 Å². The third kappa shape index (κ3) is 4.09. The smallest absolute Gasteiger partial charge is 0.179 e. The predicted octanol–water partition coefficient (Wildman–Crippen LogP) is 1.99. The van der Waals surface area contributed by atoms with Crippen LogP contribution in [0.4, 0.5) is 4.39 Å². The van der Waals surface area contributed by atoms with Crippen molar-refractivity contribution in [1.82, 2.24) is 5.32 Å². The van der Waals surface area contributed by atoms with E-state index < -0.39 is 15.7 Å². The first-order valence-corrected chi connectivity index (χ1v) is 7.36. The van der Waals surface area contributed by atoms with Gasteiger partial charge in [0, 0.05) is 6.04 Å². The number of halogens is 1. The largest absolute Gasteiger partial charge is 0.313 e. The first-order valence-electron chi connectivity index (χ1n) is 5.71. The number of rotatable bonds is 6. The van der Waals surface area contributed by atoms with Crippen LogP contribution in [0.15, 0.2) is 29.2 Å². The highest BCUT2D eigenvalue weighted by Crippen LogP contribution is 2.13. The van der Waals surface area contributed by atoms with Crippen molar-refractivity contribution in [2.75, 3.05) is 12.3 Å². The van der Waals surface area contributed by atoms with Crippen molar-refractivity contribution in [1.29, 1.82) is 0 Å². The van der Waals surface area contributed by atoms with Crippen LogP contribution in [-0.2, 0) is 9.84 Å². The van der Waals surface area contributed by atoms with Gasteiger partial charge in [0.15, 0.2) is 9.84 Å². The van der Waals surface area contributed by atoms with E-state index >= 15 is 0 Å². The summed E-state index contributed by atoms with van der Waals surface area (Å²) in [6.45, 7) is 4.61. The molecule has 0 radical (unpaired) electrons. The minimum atomic E-state index is -3.34. The SMILES string of the molecule is CCNC(CC)CS(=O)(=O)c1ccc(F)cc1. The lowest BCUT2D eigenvalue weighted by atomic mass is 10.2. The van der Waals surface area contributed by atoms with Crippen molar-refractivity contribution >= 4 is 9.84 Å². The lowest BCUT2D eigenvalue weighted by Gasteiger charge is -2.15. The van der Waals surface area contributed by atoms with E-state index in [2.05, 4.69) is 5.32 Å². The van der Waals surface area contributed by atoms with Gasteiger partial charge >= 0.3 is 0 Å². The zero-order valence-corrected chi connectivity index (χ0v) is 10.9. The van der Waals surface area contributed by atoms with E-state index in [1.54, 1.807) is 0 Å². The molecule has 1 rings (SSSR count). The molecule has 5 heteroatoms. The summed E-state index contributed by atoms with van der Waals surface area (Å²) in [4.78, 5) is 0.176. The standard InChI is InChI=1S/C12H18FNO2S/c1-3-11(14-4-2)9-17(15,16)12-7-5-10(13)6-8-12/h5-8,11,14H,3-4,9H2,1-2H3. The van der Waals surface area contributed by atoms with E-state index in [0.717, 1.165) is 13.0 Å². The number of sulfone groups is 1. The summed E-state index contributed by atoms with van der Waals surface area (Å²) in [6, 6.07) is 4.89. The lowest BCUT2D eigenvalue weighted by molar-refractivity contribution is 0.533. The monoisotopic (exact) mass is 259 g/mol. The highest BCUT2D eigenvalue weighted by molar-refractivity contribution is 7.91. The molecule has 17 heavy (non-hydrogen) atoms. The van der Waals surface area contributed by atoms with E-state index in [-0.39, 0.29) is 16.7 Å². The van der Waals surface area contributed by atoms with Crippen molar-refractivity contribution in [2.45, 2.75) is 31.2 Å². The van der Waals surface area contributed by atoms with Crippen LogP contribution in [0.25, 0.3) is 0 Å². The molecule has 0 saturated heterocycles. The van der Waals surface area contributed by atoms with Gasteiger partial charge in [0.05, 0.1) is 10.6 Å². The van der Waals surface area contributed by atoms with Crippen LogP contribution in [-0.4, -0.2) is 26.8 Å². The first kappa shape index (κ1) is 14.1. The Hall–Kier alpha value is -0.940. The summed E-state index contributed by atoms with van der Waals surface area (Å²) in [7, 11) is -3.34. The fourth-order valence-electron chi connectivity index (χ4n) is 1.61. The van der Waals surface area contributed by atoms with E-state index in [4.69, 9.17) is 0 Å². The number of hydrogen-bond acceptors (Lipinski definition) is 3. The zero-order chi connectivity index (χ0) is 12.9. The molecule has 1 unspecified atom stereocenters. The van der Waals surface area contributed by atoms with E-state index in [9.17, 15) is 12.8 Å². The lowest BCUT2D eigenvalue weighted by Crippen LogP contribution is -2.34. The molecule has 0 aliphatic heterocycles. The minimum Gasteiger partial charge on any atom is -0.313 e. The van der Waals surface area contributed by atoms with Gasteiger partial charge in [-0.15, -0.1) is 0 Å². The van der Waals surface area contributed by atoms with Gasteiger partial charge in [0.1, 0.15) is 5.82 Å². The molecule has 0 heterocycles. The van der Waals surface area contributed by atoms with E-state index in [1.165, 1.54) is 24.3 Å². The van der Waals surface area contributed by atoms with Gasteiger partial charge in [-0.05, 0) is 37.2 Å². The molecule has 0 aliphatic carbocycles. The minimum absolute atomic E-state index is 0.0446. The number of benzene rings is 1. The van der Waals surface area contributed by atoms with Crippen molar-refractivity contribution in [3.8, 4) is 0 Å². The van der Waals surface area contributed by atoms with Crippen LogP contribution < -0.4 is 5.32 Å². The topological polar surface area (TPSA) is 46.2 Å². The molecule has 0 bridgehead atoms. The normalized spacial score (nSPS) is 13.6. The van der Waals surface area contributed by atoms with Gasteiger partial charge in [-0.25, -0.2) is 12.8 Å². The van der Waals surface area contributed by atoms with Gasteiger partial charge in [-0.3, -0.25) is 0 Å². The van der Waals surface area contributed by atoms with Crippen LogP contribution in [0, 0.1) is 5.82 Å². The molecule has 3 nitrogen and oxygen atoms in total. The Balaban J connectivity index is 2.84. The quantitative estimate of drug-likeness (QED) is 0.795. The summed E-state index contributed by atoms with van der Waals surface area (Å²) in [6.07, 6.45) is 0.744. The summed E-state index contributed by atoms with van der Waals surface area (Å²) in [5, 5.41) is 3.12. The Kier molecular flexibility index (Phi) is 5.08. The average Bonchev–Trinajstić information content (AvgIpc) is 2.28. The maximum absolute atomic E-state index is 12.7. The molecule has 0 fully saturated rings. The first-order chi connectivity index (χ1) is 7.99. The van der Waals surface area contributed by atoms with Gasteiger partial charge in [0.2, 0.25) is 0 Å². The van der Waals surface area contributed by atoms with Crippen LogP contribution in [0.2, 0.25) is 0 Å². The van der Waals surface area contributed by atoms with Gasteiger partial charge in [-0.1, -0.05) is 13.8 Å². The fraction of sp³-hybridized carbons (Fsp3) is 0.500. The molecular weight excluding hydrogens is 241 g/mol. The number of hydrogen-bond donors (Lipinski definition) is 1. The molecule has 1 aromatic rings. The Morgan fingerprint density at radius 2 is 1.82 bits per heavy atom. The zero-order valence-electron chi connectivity index (χ0n) is 10.1. The molecule has 96 valence electrons. The molecule has 0 saturated carbocycles. The predicted molar refractivity (Wildman–Crippen MR) is 66.2 cm³/mol. The van der Waals surface area contributed by atoms with Crippen molar-refractivity contribution < 1.29 is 12.8 Å². The fourth-order valence-corrected chi connectivity index (χ4v) is 3.24. The average molecular weight is 259 g/mol. The Labute approximate surface area is 102 Å². The second-order valence-corrected chi connectivity index (χ2v) is 5.93. The molecule has 0 spiro atoms. The second kappa shape index (κ2) is 6.12. The van der Waals surface area contributed by atoms with Crippen molar-refractivity contribution in [2.24, 2.45) is 0 Å². The molecule has 0 aromatic heterocycles. The van der Waals surface area contributed by atoms with Gasteiger partial charge in [-0.2, -0.15) is 0 Å². The summed E-state index contributed by atoms with van der Waals surface area (Å²) < 4.78 is 36.8. The Morgan fingerprint density at radius 3 is 2.29 bits per heavy atom. The molecule has 0 aliphatic rings. The van der Waals surface area contributed by atoms with Gasteiger partial charge in [0.25, 0.3) is 0 Å². The van der Waals surface area contributed by atoms with E-state index in [0.29, 0.717) is 0 Å². The maximum atomic E-state index is 12.7. The van der Waals surface area contributed by atoms with Crippen molar-refractivity contribution in [3.05, 3.63) is 30.1 Å². The third-order valence-corrected chi connectivity index (χ3v) is 4.41. The van der Waals surface area contributed by atoms with Crippen LogP contribution in [0.1, 0.15) is 20.3 Å². The summed E-state index contributed by atoms with van der Waals surface area (Å²) in [5.74, 6) is -0.383. The highest BCUT2D eigenvalue weighted by atomic mass is 32.2. The molecule has 0 amide bonds.